The summed E-state index contributed by atoms with van der Waals surface area (Å²) in [5.41, 5.74) is 0. The Kier molecular flexibility index (Phi) is 14.0. The number of hydrogen-bond donors (Lipinski definition) is 1. The first-order valence-corrected chi connectivity index (χ1v) is 6.02. The average molecular weight is 191 g/mol. The maximum absolute atomic E-state index is 3.38. The third kappa shape index (κ3) is 16.7. The van der Waals surface area contributed by atoms with Crippen molar-refractivity contribution in [2.45, 2.75) is 52.8 Å². The zero-order valence-corrected chi connectivity index (χ0v) is 10.3. The van der Waals surface area contributed by atoms with Crippen LogP contribution in [0.4, 0.5) is 0 Å². The van der Waals surface area contributed by atoms with Crippen molar-refractivity contribution in [3.05, 3.63) is 0 Å². The van der Waals surface area contributed by atoms with Gasteiger partial charge >= 0.3 is 0 Å². The summed E-state index contributed by atoms with van der Waals surface area (Å²) in [5.74, 6) is 1.23. The maximum Gasteiger partial charge on any atom is 0.00607 e. The van der Waals surface area contributed by atoms with Gasteiger partial charge in [0.1, 0.15) is 0 Å². The highest BCUT2D eigenvalue weighted by molar-refractivity contribution is 7.99. The molecule has 0 saturated heterocycles. The summed E-state index contributed by atoms with van der Waals surface area (Å²) in [6.45, 7) is 14.0. The van der Waals surface area contributed by atoms with Gasteiger partial charge in [-0.3, -0.25) is 0 Å². The number of nitrogens with one attached hydrogen (secondary N) is 1. The third-order valence-corrected chi connectivity index (χ3v) is 2.21. The molecule has 0 amide bonds. The number of rotatable bonds is 5. The molecule has 0 aliphatic rings. The second-order valence-corrected chi connectivity index (χ2v) is 4.71. The van der Waals surface area contributed by atoms with Gasteiger partial charge in [0.25, 0.3) is 0 Å². The van der Waals surface area contributed by atoms with E-state index in [1.807, 2.05) is 25.6 Å². The van der Waals surface area contributed by atoms with E-state index < -0.39 is 0 Å². The third-order valence-electron chi connectivity index (χ3n) is 1.11. The van der Waals surface area contributed by atoms with Crippen LogP contribution in [0.15, 0.2) is 0 Å². The quantitative estimate of drug-likeness (QED) is 0.670. The van der Waals surface area contributed by atoms with Crippen LogP contribution in [0, 0.1) is 0 Å². The Balaban J connectivity index is 0. The van der Waals surface area contributed by atoms with E-state index in [-0.39, 0.29) is 0 Å². The second kappa shape index (κ2) is 11.3. The van der Waals surface area contributed by atoms with Crippen LogP contribution in [0.1, 0.15) is 41.5 Å². The summed E-state index contributed by atoms with van der Waals surface area (Å²) in [6.07, 6.45) is 0. The van der Waals surface area contributed by atoms with Crippen molar-refractivity contribution in [1.82, 2.24) is 5.32 Å². The Bertz CT molecular complexity index is 62.2. The molecule has 0 atom stereocenters. The second-order valence-electron chi connectivity index (χ2n) is 3.03. The number of hydrogen-bond acceptors (Lipinski definition) is 2. The summed E-state index contributed by atoms with van der Waals surface area (Å²) >= 11 is 2.01. The lowest BCUT2D eigenvalue weighted by molar-refractivity contribution is 0.616. The topological polar surface area (TPSA) is 12.0 Å². The van der Waals surface area contributed by atoms with Crippen molar-refractivity contribution in [1.29, 1.82) is 0 Å². The van der Waals surface area contributed by atoms with Gasteiger partial charge in [-0.25, -0.2) is 0 Å². The maximum atomic E-state index is 3.38. The highest BCUT2D eigenvalue weighted by Gasteiger charge is 1.94. The average Bonchev–Trinajstić information content (AvgIpc) is 2.02. The van der Waals surface area contributed by atoms with Crippen molar-refractivity contribution in [3.63, 3.8) is 0 Å². The van der Waals surface area contributed by atoms with Crippen molar-refractivity contribution < 1.29 is 0 Å². The predicted octanol–water partition coefficient (Wildman–Crippen LogP) is 3.15. The summed E-state index contributed by atoms with van der Waals surface area (Å²) in [4.78, 5) is 0. The lowest BCUT2D eigenvalue weighted by Gasteiger charge is -2.08. The minimum absolute atomic E-state index is 0.632. The van der Waals surface area contributed by atoms with E-state index >= 15 is 0 Å². The van der Waals surface area contributed by atoms with Crippen LogP contribution in [0.3, 0.4) is 0 Å². The lowest BCUT2D eigenvalue weighted by atomic mass is 10.4. The smallest absolute Gasteiger partial charge is 0.00607 e. The first-order valence-electron chi connectivity index (χ1n) is 4.98. The summed E-state index contributed by atoms with van der Waals surface area (Å²) in [5, 5.41) is 4.15. The van der Waals surface area contributed by atoms with Crippen LogP contribution in [-0.4, -0.2) is 23.6 Å². The highest BCUT2D eigenvalue weighted by atomic mass is 32.2. The molecule has 0 spiro atoms. The Hall–Kier alpha value is 0.310. The minimum Gasteiger partial charge on any atom is -0.314 e. The molecule has 0 aromatic carbocycles. The summed E-state index contributed by atoms with van der Waals surface area (Å²) in [7, 11) is 0. The van der Waals surface area contributed by atoms with Gasteiger partial charge in [0.2, 0.25) is 0 Å². The van der Waals surface area contributed by atoms with E-state index in [1.54, 1.807) is 0 Å². The molecule has 0 aliphatic heterocycles. The molecule has 0 aromatic heterocycles. The van der Waals surface area contributed by atoms with Crippen LogP contribution in [0.5, 0.6) is 0 Å². The zero-order chi connectivity index (χ0) is 9.98. The largest absolute Gasteiger partial charge is 0.314 e. The Labute approximate surface area is 82.7 Å². The van der Waals surface area contributed by atoms with Gasteiger partial charge in [0.15, 0.2) is 0 Å². The van der Waals surface area contributed by atoms with Crippen molar-refractivity contribution in [2.75, 3.05) is 12.3 Å². The van der Waals surface area contributed by atoms with Gasteiger partial charge in [-0.15, -0.1) is 0 Å². The summed E-state index contributed by atoms with van der Waals surface area (Å²) < 4.78 is 0. The Morgan fingerprint density at radius 1 is 1.08 bits per heavy atom. The molecule has 2 heteroatoms. The van der Waals surface area contributed by atoms with Gasteiger partial charge in [-0.05, 0) is 5.25 Å². The molecule has 12 heavy (non-hydrogen) atoms. The van der Waals surface area contributed by atoms with Gasteiger partial charge in [-0.1, -0.05) is 41.5 Å². The molecule has 0 heterocycles. The normalized spacial score (nSPS) is 10.0. The molecule has 1 nitrogen and oxygen atoms in total. The van der Waals surface area contributed by atoms with Gasteiger partial charge in [0.05, 0.1) is 0 Å². The highest BCUT2D eigenvalue weighted by Crippen LogP contribution is 2.06. The van der Waals surface area contributed by atoms with E-state index in [4.69, 9.17) is 0 Å². The molecule has 0 rings (SSSR count). The van der Waals surface area contributed by atoms with Gasteiger partial charge in [-0.2, -0.15) is 11.8 Å². The first kappa shape index (κ1) is 14.8. The van der Waals surface area contributed by atoms with Crippen LogP contribution in [0.2, 0.25) is 0 Å². The van der Waals surface area contributed by atoms with E-state index in [0.717, 1.165) is 11.8 Å². The molecule has 0 unspecified atom stereocenters. The fraction of sp³-hybridized carbons (Fsp3) is 1.00. The molecule has 0 fully saturated rings. The number of thioether (sulfide) groups is 1. The molecule has 0 aromatic rings. The molecule has 1 N–H and O–H groups in total. The van der Waals surface area contributed by atoms with Crippen LogP contribution < -0.4 is 5.32 Å². The minimum atomic E-state index is 0.632. The molecule has 0 radical (unpaired) electrons. The van der Waals surface area contributed by atoms with Crippen molar-refractivity contribution in [3.8, 4) is 0 Å². The van der Waals surface area contributed by atoms with Crippen LogP contribution in [-0.2, 0) is 0 Å². The van der Waals surface area contributed by atoms with Gasteiger partial charge in [0, 0.05) is 18.3 Å². The fourth-order valence-electron chi connectivity index (χ4n) is 0.642. The SMILES string of the molecule is CC.CC(C)NCCSC(C)C. The zero-order valence-electron chi connectivity index (χ0n) is 9.48. The standard InChI is InChI=1S/C8H19NS.C2H6/c1-7(2)9-5-6-10-8(3)4;1-2/h7-9H,5-6H2,1-4H3;1-2H3. The Morgan fingerprint density at radius 2 is 1.58 bits per heavy atom. The fourth-order valence-corrected chi connectivity index (χ4v) is 1.35. The van der Waals surface area contributed by atoms with Gasteiger partial charge < -0.3 is 5.32 Å². The summed E-state index contributed by atoms with van der Waals surface area (Å²) in [6, 6.07) is 0.632. The molecule has 76 valence electrons. The molecule has 0 saturated carbocycles. The van der Waals surface area contributed by atoms with Crippen LogP contribution >= 0.6 is 11.8 Å². The first-order chi connectivity index (χ1) is 5.63. The van der Waals surface area contributed by atoms with E-state index in [1.165, 1.54) is 5.75 Å². The molecule has 0 aliphatic carbocycles. The molecule has 0 bridgehead atoms. The monoisotopic (exact) mass is 191 g/mol. The van der Waals surface area contributed by atoms with E-state index in [2.05, 4.69) is 33.0 Å². The lowest BCUT2D eigenvalue weighted by Crippen LogP contribution is -2.25. The van der Waals surface area contributed by atoms with E-state index in [0.29, 0.717) is 6.04 Å². The molecular weight excluding hydrogens is 166 g/mol. The van der Waals surface area contributed by atoms with Crippen molar-refractivity contribution >= 4 is 11.8 Å². The van der Waals surface area contributed by atoms with Crippen LogP contribution in [0.25, 0.3) is 0 Å². The van der Waals surface area contributed by atoms with E-state index in [9.17, 15) is 0 Å². The Morgan fingerprint density at radius 3 is 1.92 bits per heavy atom. The predicted molar refractivity (Wildman–Crippen MR) is 62.1 cm³/mol. The van der Waals surface area contributed by atoms with Crippen molar-refractivity contribution in [2.24, 2.45) is 0 Å². The molecular formula is C10H25NS.